The van der Waals surface area contributed by atoms with Crippen LogP contribution < -0.4 is 0 Å². The molecule has 0 spiro atoms. The molecule has 0 N–H and O–H groups in total. The molecular weight excluding hydrogens is 961 g/mol. The van der Waals surface area contributed by atoms with Gasteiger partial charge in [0.2, 0.25) is 0 Å². The normalized spacial score (nSPS) is 12.3. The van der Waals surface area contributed by atoms with Gasteiger partial charge in [0.15, 0.2) is 6.10 Å². The number of ether oxygens (including phenoxy) is 3. The van der Waals surface area contributed by atoms with E-state index in [9.17, 15) is 14.4 Å². The minimum absolute atomic E-state index is 0.0731. The summed E-state index contributed by atoms with van der Waals surface area (Å²) in [6.45, 7) is 6.67. The third kappa shape index (κ3) is 64.2. The SMILES string of the molecule is CCCCCC/C=C\C/C=C\CCCCCCCC(=O)OCC(COC(=O)CCCCCCCCCCCCCCCCC/C=C\C/C=C\CCCCCCC)OC(=O)CCCCCCCCCCCCCCCCCCC. The molecule has 0 bridgehead atoms. The molecule has 0 saturated carbocycles. The summed E-state index contributed by atoms with van der Waals surface area (Å²) in [6, 6.07) is 0. The number of hydrogen-bond donors (Lipinski definition) is 0. The molecular formula is C72H132O6. The van der Waals surface area contributed by atoms with Crippen molar-refractivity contribution in [3.8, 4) is 0 Å². The molecule has 0 aromatic carbocycles. The highest BCUT2D eigenvalue weighted by Gasteiger charge is 2.19. The largest absolute Gasteiger partial charge is 0.462 e. The van der Waals surface area contributed by atoms with Gasteiger partial charge in [-0.1, -0.05) is 320 Å². The monoisotopic (exact) mass is 1090 g/mol. The maximum absolute atomic E-state index is 12.9. The van der Waals surface area contributed by atoms with Crippen molar-refractivity contribution in [2.45, 2.75) is 380 Å². The summed E-state index contributed by atoms with van der Waals surface area (Å²) in [5.41, 5.74) is 0. The first kappa shape index (κ1) is 75.4. The van der Waals surface area contributed by atoms with E-state index in [-0.39, 0.29) is 31.1 Å². The first-order chi connectivity index (χ1) is 38.5. The van der Waals surface area contributed by atoms with Crippen molar-refractivity contribution in [3.63, 3.8) is 0 Å². The lowest BCUT2D eigenvalue weighted by molar-refractivity contribution is -0.167. The Bertz CT molecular complexity index is 1350. The molecule has 0 radical (unpaired) electrons. The first-order valence-electron chi connectivity index (χ1n) is 34.6. The molecule has 0 aliphatic rings. The van der Waals surface area contributed by atoms with Crippen molar-refractivity contribution in [2.75, 3.05) is 13.2 Å². The second-order valence-corrected chi connectivity index (χ2v) is 23.4. The van der Waals surface area contributed by atoms with Crippen LogP contribution in [0.4, 0.5) is 0 Å². The number of carbonyl (C=O) groups is 3. The number of rotatable bonds is 64. The van der Waals surface area contributed by atoms with Crippen molar-refractivity contribution in [1.29, 1.82) is 0 Å². The van der Waals surface area contributed by atoms with E-state index in [1.807, 2.05) is 0 Å². The van der Waals surface area contributed by atoms with Crippen LogP contribution in [-0.2, 0) is 28.6 Å². The van der Waals surface area contributed by atoms with Gasteiger partial charge in [-0.05, 0) is 83.5 Å². The molecule has 6 heteroatoms. The molecule has 0 aromatic rings. The van der Waals surface area contributed by atoms with Gasteiger partial charge in [-0.3, -0.25) is 14.4 Å². The maximum atomic E-state index is 12.9. The molecule has 0 aliphatic carbocycles. The summed E-state index contributed by atoms with van der Waals surface area (Å²) >= 11 is 0. The summed E-state index contributed by atoms with van der Waals surface area (Å²) in [7, 11) is 0. The predicted octanol–water partition coefficient (Wildman–Crippen LogP) is 23.7. The Morgan fingerprint density at radius 2 is 0.462 bits per heavy atom. The molecule has 456 valence electrons. The number of hydrogen-bond acceptors (Lipinski definition) is 6. The average molecular weight is 1090 g/mol. The zero-order valence-electron chi connectivity index (χ0n) is 52.5. The van der Waals surface area contributed by atoms with Crippen LogP contribution in [0.3, 0.4) is 0 Å². The van der Waals surface area contributed by atoms with Gasteiger partial charge in [0, 0.05) is 19.3 Å². The summed E-state index contributed by atoms with van der Waals surface area (Å²) in [5.74, 6) is -0.861. The maximum Gasteiger partial charge on any atom is 0.306 e. The summed E-state index contributed by atoms with van der Waals surface area (Å²) in [4.78, 5) is 38.4. The smallest absolute Gasteiger partial charge is 0.306 e. The van der Waals surface area contributed by atoms with E-state index in [0.29, 0.717) is 19.3 Å². The van der Waals surface area contributed by atoms with Crippen LogP contribution in [0.5, 0.6) is 0 Å². The van der Waals surface area contributed by atoms with Crippen molar-refractivity contribution >= 4 is 17.9 Å². The molecule has 0 aliphatic heterocycles. The van der Waals surface area contributed by atoms with Gasteiger partial charge in [-0.2, -0.15) is 0 Å². The van der Waals surface area contributed by atoms with E-state index in [0.717, 1.165) is 83.5 Å². The molecule has 0 fully saturated rings. The number of carbonyl (C=O) groups excluding carboxylic acids is 3. The molecule has 0 heterocycles. The second-order valence-electron chi connectivity index (χ2n) is 23.4. The van der Waals surface area contributed by atoms with Crippen molar-refractivity contribution in [2.24, 2.45) is 0 Å². The van der Waals surface area contributed by atoms with Crippen LogP contribution >= 0.6 is 0 Å². The molecule has 0 aromatic heterocycles. The van der Waals surface area contributed by atoms with Crippen LogP contribution in [0.15, 0.2) is 48.6 Å². The summed E-state index contributed by atoms with van der Waals surface area (Å²) in [5, 5.41) is 0. The standard InChI is InChI=1S/C72H132O6/c1-4-7-10-13-16-19-22-25-28-31-32-33-34-35-36-37-38-39-40-42-44-47-50-53-56-59-62-65-71(74)77-68-69(67-76-70(73)64-61-58-55-52-49-46-43-30-27-24-21-18-15-12-9-6-3)78-72(75)66-63-60-57-54-51-48-45-41-29-26-23-20-17-14-11-8-5-2/h21-22,24-25,30-32,43,69H,4-20,23,26-29,33-42,44-68H2,1-3H3/b24-21-,25-22-,32-31-,43-30-. The van der Waals surface area contributed by atoms with Crippen molar-refractivity contribution < 1.29 is 28.6 Å². The Balaban J connectivity index is 4.26. The van der Waals surface area contributed by atoms with Crippen LogP contribution in [0, 0.1) is 0 Å². The van der Waals surface area contributed by atoms with Gasteiger partial charge in [0.25, 0.3) is 0 Å². The fourth-order valence-corrected chi connectivity index (χ4v) is 10.3. The lowest BCUT2D eigenvalue weighted by Crippen LogP contribution is -2.30. The lowest BCUT2D eigenvalue weighted by atomic mass is 10.0. The van der Waals surface area contributed by atoms with Crippen LogP contribution in [0.25, 0.3) is 0 Å². The lowest BCUT2D eigenvalue weighted by Gasteiger charge is -2.18. The van der Waals surface area contributed by atoms with Crippen LogP contribution in [0.2, 0.25) is 0 Å². The zero-order chi connectivity index (χ0) is 56.4. The third-order valence-corrected chi connectivity index (χ3v) is 15.6. The molecule has 78 heavy (non-hydrogen) atoms. The number of esters is 3. The van der Waals surface area contributed by atoms with Gasteiger partial charge in [-0.25, -0.2) is 0 Å². The minimum atomic E-state index is -0.777. The van der Waals surface area contributed by atoms with Gasteiger partial charge in [-0.15, -0.1) is 0 Å². The fourth-order valence-electron chi connectivity index (χ4n) is 10.3. The van der Waals surface area contributed by atoms with Gasteiger partial charge in [0.05, 0.1) is 0 Å². The predicted molar refractivity (Wildman–Crippen MR) is 339 cm³/mol. The summed E-state index contributed by atoms with van der Waals surface area (Å²) in [6.07, 6.45) is 84.2. The van der Waals surface area contributed by atoms with Gasteiger partial charge >= 0.3 is 17.9 Å². The topological polar surface area (TPSA) is 78.9 Å². The fraction of sp³-hybridized carbons (Fsp3) is 0.847. The van der Waals surface area contributed by atoms with Crippen LogP contribution in [0.1, 0.15) is 374 Å². The minimum Gasteiger partial charge on any atom is -0.462 e. The van der Waals surface area contributed by atoms with Gasteiger partial charge < -0.3 is 14.2 Å². The molecule has 0 amide bonds. The molecule has 6 nitrogen and oxygen atoms in total. The van der Waals surface area contributed by atoms with Crippen LogP contribution in [-0.4, -0.2) is 37.2 Å². The van der Waals surface area contributed by atoms with E-state index in [1.54, 1.807) is 0 Å². The van der Waals surface area contributed by atoms with E-state index in [4.69, 9.17) is 14.2 Å². The molecule has 0 saturated heterocycles. The average Bonchev–Trinajstić information content (AvgIpc) is 3.44. The zero-order valence-corrected chi connectivity index (χ0v) is 52.5. The number of allylic oxidation sites excluding steroid dienone is 8. The molecule has 0 rings (SSSR count). The highest BCUT2D eigenvalue weighted by atomic mass is 16.6. The quantitative estimate of drug-likeness (QED) is 0.0261. The first-order valence-corrected chi connectivity index (χ1v) is 34.6. The van der Waals surface area contributed by atoms with E-state index in [1.165, 1.54) is 250 Å². The van der Waals surface area contributed by atoms with E-state index < -0.39 is 6.10 Å². The van der Waals surface area contributed by atoms with Gasteiger partial charge in [0.1, 0.15) is 13.2 Å². The number of unbranched alkanes of at least 4 members (excludes halogenated alkanes) is 45. The highest BCUT2D eigenvalue weighted by Crippen LogP contribution is 2.18. The van der Waals surface area contributed by atoms with E-state index in [2.05, 4.69) is 69.4 Å². The molecule has 1 atom stereocenters. The summed E-state index contributed by atoms with van der Waals surface area (Å²) < 4.78 is 17.0. The van der Waals surface area contributed by atoms with E-state index >= 15 is 0 Å². The highest BCUT2D eigenvalue weighted by molar-refractivity contribution is 5.71. The van der Waals surface area contributed by atoms with Crippen molar-refractivity contribution in [1.82, 2.24) is 0 Å². The van der Waals surface area contributed by atoms with Crippen molar-refractivity contribution in [3.05, 3.63) is 48.6 Å². The Labute approximate surface area is 486 Å². The third-order valence-electron chi connectivity index (χ3n) is 15.6. The molecule has 1 unspecified atom stereocenters. The Kier molecular flexibility index (Phi) is 64.6. The Morgan fingerprint density at radius 3 is 0.718 bits per heavy atom. The Hall–Kier alpha value is -2.63. The second kappa shape index (κ2) is 66.9. The Morgan fingerprint density at radius 1 is 0.256 bits per heavy atom.